The molecule has 1 aromatic heterocycles. The van der Waals surface area contributed by atoms with Gasteiger partial charge in [0.05, 0.1) is 11.7 Å². The van der Waals surface area contributed by atoms with Gasteiger partial charge in [-0.15, -0.1) is 0 Å². The van der Waals surface area contributed by atoms with Gasteiger partial charge in [0, 0.05) is 23.2 Å². The van der Waals surface area contributed by atoms with Crippen LogP contribution in [0.25, 0.3) is 11.3 Å². The Morgan fingerprint density at radius 2 is 1.89 bits per heavy atom. The first-order valence-corrected chi connectivity index (χ1v) is 7.60. The molecule has 0 amide bonds. The summed E-state index contributed by atoms with van der Waals surface area (Å²) < 4.78 is 3.27. The van der Waals surface area contributed by atoms with Crippen molar-refractivity contribution in [3.05, 3.63) is 34.8 Å². The molecule has 1 heterocycles. The summed E-state index contributed by atoms with van der Waals surface area (Å²) in [7, 11) is 1.97. The van der Waals surface area contributed by atoms with Gasteiger partial charge in [-0.3, -0.25) is 0 Å². The van der Waals surface area contributed by atoms with Crippen LogP contribution in [0, 0.1) is 0 Å². The van der Waals surface area contributed by atoms with Crippen molar-refractivity contribution in [3.63, 3.8) is 0 Å². The summed E-state index contributed by atoms with van der Waals surface area (Å²) in [6.07, 6.45) is 5.13. The molecular weight excluding hydrogens is 302 g/mol. The van der Waals surface area contributed by atoms with Crippen LogP contribution in [0.5, 0.6) is 0 Å². The van der Waals surface area contributed by atoms with E-state index < -0.39 is 0 Å². The van der Waals surface area contributed by atoms with E-state index in [1.807, 2.05) is 7.05 Å². The summed E-state index contributed by atoms with van der Waals surface area (Å²) in [6.45, 7) is 0. The predicted molar refractivity (Wildman–Crippen MR) is 82.4 cm³/mol. The lowest BCUT2D eigenvalue weighted by Crippen LogP contribution is -2.09. The number of halogens is 1. The fourth-order valence-electron chi connectivity index (χ4n) is 2.77. The van der Waals surface area contributed by atoms with E-state index in [-0.39, 0.29) is 0 Å². The molecular formula is C15H18BrN3. The molecule has 1 saturated carbocycles. The van der Waals surface area contributed by atoms with Crippen molar-refractivity contribution in [2.75, 3.05) is 12.4 Å². The number of hydrogen-bond acceptors (Lipinski definition) is 2. The number of hydrogen-bond donors (Lipinski definition) is 1. The highest BCUT2D eigenvalue weighted by Crippen LogP contribution is 2.33. The van der Waals surface area contributed by atoms with E-state index in [2.05, 4.69) is 56.3 Å². The summed E-state index contributed by atoms with van der Waals surface area (Å²) >= 11 is 3.47. The maximum absolute atomic E-state index is 4.80. The average molecular weight is 320 g/mol. The molecule has 0 radical (unpaired) electrons. The Labute approximate surface area is 122 Å². The molecule has 0 bridgehead atoms. The minimum absolute atomic E-state index is 0.562. The summed E-state index contributed by atoms with van der Waals surface area (Å²) in [5.74, 6) is 1.12. The summed E-state index contributed by atoms with van der Waals surface area (Å²) in [5.41, 5.74) is 2.21. The molecule has 0 atom stereocenters. The average Bonchev–Trinajstić information content (AvgIpc) is 3.08. The third-order valence-corrected chi connectivity index (χ3v) is 4.33. The zero-order valence-electron chi connectivity index (χ0n) is 11.1. The quantitative estimate of drug-likeness (QED) is 0.904. The Morgan fingerprint density at radius 3 is 2.53 bits per heavy atom. The molecule has 0 saturated heterocycles. The first-order valence-electron chi connectivity index (χ1n) is 6.81. The van der Waals surface area contributed by atoms with Crippen molar-refractivity contribution in [2.24, 2.45) is 0 Å². The van der Waals surface area contributed by atoms with Crippen LogP contribution in [0.4, 0.5) is 5.82 Å². The molecule has 1 aliphatic carbocycles. The first kappa shape index (κ1) is 12.7. The molecule has 0 unspecified atom stereocenters. The largest absolute Gasteiger partial charge is 0.373 e. The van der Waals surface area contributed by atoms with Crippen LogP contribution >= 0.6 is 15.9 Å². The number of rotatable bonds is 3. The van der Waals surface area contributed by atoms with Gasteiger partial charge in [-0.2, -0.15) is 5.10 Å². The normalized spacial score (nSPS) is 15.9. The fourth-order valence-corrected chi connectivity index (χ4v) is 3.03. The zero-order chi connectivity index (χ0) is 13.2. The molecule has 0 aliphatic heterocycles. The maximum Gasteiger partial charge on any atom is 0.124 e. The van der Waals surface area contributed by atoms with Crippen molar-refractivity contribution >= 4 is 21.7 Å². The Balaban J connectivity index is 1.96. The standard InChI is InChI=1S/C15H18BrN3/c1-17-15-10-14(11-6-8-12(16)9-7-11)18-19(15)13-4-2-3-5-13/h6-10,13,17H,2-5H2,1H3. The molecule has 1 N–H and O–H groups in total. The summed E-state index contributed by atoms with van der Waals surface area (Å²) in [6, 6.07) is 11.0. The molecule has 2 aromatic rings. The fraction of sp³-hybridized carbons (Fsp3) is 0.400. The summed E-state index contributed by atoms with van der Waals surface area (Å²) in [5, 5.41) is 8.07. The second-order valence-corrected chi connectivity index (χ2v) is 5.97. The van der Waals surface area contributed by atoms with Crippen molar-refractivity contribution in [1.29, 1.82) is 0 Å². The highest BCUT2D eigenvalue weighted by Gasteiger charge is 2.21. The lowest BCUT2D eigenvalue weighted by molar-refractivity contribution is 0.474. The molecule has 0 spiro atoms. The lowest BCUT2D eigenvalue weighted by atomic mass is 10.1. The van der Waals surface area contributed by atoms with Gasteiger partial charge in [-0.25, -0.2) is 4.68 Å². The van der Waals surface area contributed by atoms with Gasteiger partial charge < -0.3 is 5.32 Å². The van der Waals surface area contributed by atoms with E-state index in [1.165, 1.54) is 25.7 Å². The van der Waals surface area contributed by atoms with Crippen LogP contribution in [0.1, 0.15) is 31.7 Å². The highest BCUT2D eigenvalue weighted by molar-refractivity contribution is 9.10. The van der Waals surface area contributed by atoms with Crippen LogP contribution in [0.15, 0.2) is 34.8 Å². The number of nitrogens with one attached hydrogen (secondary N) is 1. The summed E-state index contributed by atoms with van der Waals surface area (Å²) in [4.78, 5) is 0. The Hall–Kier alpha value is -1.29. The van der Waals surface area contributed by atoms with Crippen molar-refractivity contribution in [1.82, 2.24) is 9.78 Å². The lowest BCUT2D eigenvalue weighted by Gasteiger charge is -2.13. The van der Waals surface area contributed by atoms with Crippen LogP contribution < -0.4 is 5.32 Å². The minimum Gasteiger partial charge on any atom is -0.373 e. The van der Waals surface area contributed by atoms with Crippen LogP contribution in [-0.2, 0) is 0 Å². The molecule has 1 aliphatic rings. The Morgan fingerprint density at radius 1 is 1.21 bits per heavy atom. The molecule has 1 aromatic carbocycles. The van der Waals surface area contributed by atoms with Gasteiger partial charge in [-0.05, 0) is 25.0 Å². The molecule has 4 heteroatoms. The van der Waals surface area contributed by atoms with Gasteiger partial charge in [0.25, 0.3) is 0 Å². The second-order valence-electron chi connectivity index (χ2n) is 5.05. The van der Waals surface area contributed by atoms with Gasteiger partial charge >= 0.3 is 0 Å². The molecule has 100 valence electrons. The predicted octanol–water partition coefficient (Wildman–Crippen LogP) is 4.47. The third-order valence-electron chi connectivity index (χ3n) is 3.80. The van der Waals surface area contributed by atoms with Crippen molar-refractivity contribution in [3.8, 4) is 11.3 Å². The second kappa shape index (κ2) is 5.37. The Kier molecular flexibility index (Phi) is 3.60. The van der Waals surface area contributed by atoms with Gasteiger partial charge in [0.15, 0.2) is 0 Å². The van der Waals surface area contributed by atoms with E-state index in [4.69, 9.17) is 5.10 Å². The smallest absolute Gasteiger partial charge is 0.124 e. The monoisotopic (exact) mass is 319 g/mol. The topological polar surface area (TPSA) is 29.9 Å². The van der Waals surface area contributed by atoms with E-state index >= 15 is 0 Å². The molecule has 1 fully saturated rings. The van der Waals surface area contributed by atoms with Crippen molar-refractivity contribution < 1.29 is 0 Å². The zero-order valence-corrected chi connectivity index (χ0v) is 12.7. The molecule has 3 nitrogen and oxygen atoms in total. The minimum atomic E-state index is 0.562. The number of anilines is 1. The van der Waals surface area contributed by atoms with E-state index in [1.54, 1.807) is 0 Å². The maximum atomic E-state index is 4.80. The van der Waals surface area contributed by atoms with Gasteiger partial charge in [0.2, 0.25) is 0 Å². The number of benzene rings is 1. The third kappa shape index (κ3) is 2.54. The molecule has 19 heavy (non-hydrogen) atoms. The SMILES string of the molecule is CNc1cc(-c2ccc(Br)cc2)nn1C1CCCC1. The Bertz CT molecular complexity index is 553. The van der Waals surface area contributed by atoms with Crippen LogP contribution in [-0.4, -0.2) is 16.8 Å². The van der Waals surface area contributed by atoms with Crippen LogP contribution in [0.2, 0.25) is 0 Å². The van der Waals surface area contributed by atoms with Gasteiger partial charge in [-0.1, -0.05) is 40.9 Å². The number of nitrogens with zero attached hydrogens (tertiary/aromatic N) is 2. The van der Waals surface area contributed by atoms with Gasteiger partial charge in [0.1, 0.15) is 5.82 Å². The highest BCUT2D eigenvalue weighted by atomic mass is 79.9. The van der Waals surface area contributed by atoms with E-state index in [0.29, 0.717) is 6.04 Å². The van der Waals surface area contributed by atoms with E-state index in [9.17, 15) is 0 Å². The first-order chi connectivity index (χ1) is 9.28. The molecule has 3 rings (SSSR count). The van der Waals surface area contributed by atoms with Crippen LogP contribution in [0.3, 0.4) is 0 Å². The van der Waals surface area contributed by atoms with Crippen molar-refractivity contribution in [2.45, 2.75) is 31.7 Å². The number of aromatic nitrogens is 2. The van der Waals surface area contributed by atoms with E-state index in [0.717, 1.165) is 21.5 Å².